The molecule has 0 radical (unpaired) electrons. The zero-order valence-corrected chi connectivity index (χ0v) is 13.0. The molecule has 2 heterocycles. The largest absolute Gasteiger partial charge is 0.370 e. The standard InChI is InChI=1S/C16H20N6O/c1-10-2-5-12(8-19-10)21-16-20-9-13(11-3-4-11)15(22-16)18-7-6-14(17)23/h2,5,8-9,11H,3-4,6-7H2,1H3,(H2,17,23)(H2,18,20,21,22). The summed E-state index contributed by atoms with van der Waals surface area (Å²) < 4.78 is 0. The lowest BCUT2D eigenvalue weighted by molar-refractivity contribution is -0.117. The molecule has 0 aliphatic heterocycles. The Kier molecular flexibility index (Phi) is 4.36. The molecule has 120 valence electrons. The zero-order valence-electron chi connectivity index (χ0n) is 13.0. The van der Waals surface area contributed by atoms with E-state index in [1.54, 1.807) is 6.20 Å². The summed E-state index contributed by atoms with van der Waals surface area (Å²) in [4.78, 5) is 24.0. The van der Waals surface area contributed by atoms with Crippen LogP contribution in [0.25, 0.3) is 0 Å². The van der Waals surface area contributed by atoms with E-state index in [9.17, 15) is 4.79 Å². The predicted octanol–water partition coefficient (Wildman–Crippen LogP) is 2.09. The number of aromatic nitrogens is 3. The van der Waals surface area contributed by atoms with Crippen LogP contribution < -0.4 is 16.4 Å². The molecule has 0 bridgehead atoms. The quantitative estimate of drug-likeness (QED) is 0.723. The van der Waals surface area contributed by atoms with Gasteiger partial charge >= 0.3 is 0 Å². The molecular weight excluding hydrogens is 292 g/mol. The third-order valence-electron chi connectivity index (χ3n) is 3.67. The van der Waals surface area contributed by atoms with Crippen molar-refractivity contribution in [1.29, 1.82) is 0 Å². The first kappa shape index (κ1) is 15.2. The molecule has 0 aromatic carbocycles. The van der Waals surface area contributed by atoms with Crippen LogP contribution in [-0.4, -0.2) is 27.4 Å². The fourth-order valence-electron chi connectivity index (χ4n) is 2.26. The number of amides is 1. The molecule has 1 saturated carbocycles. The van der Waals surface area contributed by atoms with Gasteiger partial charge in [-0.25, -0.2) is 4.98 Å². The molecule has 23 heavy (non-hydrogen) atoms. The van der Waals surface area contributed by atoms with Gasteiger partial charge in [-0.1, -0.05) is 0 Å². The number of primary amides is 1. The van der Waals surface area contributed by atoms with E-state index in [2.05, 4.69) is 25.6 Å². The van der Waals surface area contributed by atoms with E-state index in [4.69, 9.17) is 5.73 Å². The minimum Gasteiger partial charge on any atom is -0.370 e. The number of nitrogens with one attached hydrogen (secondary N) is 2. The van der Waals surface area contributed by atoms with Crippen LogP contribution in [0.5, 0.6) is 0 Å². The van der Waals surface area contributed by atoms with Gasteiger partial charge in [0.25, 0.3) is 0 Å². The molecule has 0 saturated heterocycles. The Hall–Kier alpha value is -2.70. The summed E-state index contributed by atoms with van der Waals surface area (Å²) in [6, 6.07) is 3.85. The number of carbonyl (C=O) groups excluding carboxylic acids is 1. The van der Waals surface area contributed by atoms with Gasteiger partial charge in [0.05, 0.1) is 11.9 Å². The van der Waals surface area contributed by atoms with E-state index in [1.165, 1.54) is 0 Å². The minimum atomic E-state index is -0.330. The summed E-state index contributed by atoms with van der Waals surface area (Å²) in [5, 5.41) is 6.33. The molecule has 0 atom stereocenters. The lowest BCUT2D eigenvalue weighted by atomic mass is 10.2. The number of rotatable bonds is 7. The molecule has 3 rings (SSSR count). The molecule has 1 fully saturated rings. The fourth-order valence-corrected chi connectivity index (χ4v) is 2.26. The number of pyridine rings is 1. The smallest absolute Gasteiger partial charge is 0.229 e. The average Bonchev–Trinajstić information content (AvgIpc) is 3.34. The van der Waals surface area contributed by atoms with Gasteiger partial charge in [0, 0.05) is 30.4 Å². The van der Waals surface area contributed by atoms with Gasteiger partial charge in [0.15, 0.2) is 0 Å². The highest BCUT2D eigenvalue weighted by Gasteiger charge is 2.27. The lowest BCUT2D eigenvalue weighted by Gasteiger charge is -2.12. The summed E-state index contributed by atoms with van der Waals surface area (Å²) in [7, 11) is 0. The predicted molar refractivity (Wildman–Crippen MR) is 88.6 cm³/mol. The summed E-state index contributed by atoms with van der Waals surface area (Å²) in [5.74, 6) is 1.46. The highest BCUT2D eigenvalue weighted by Crippen LogP contribution is 2.42. The summed E-state index contributed by atoms with van der Waals surface area (Å²) in [6.07, 6.45) is 6.18. The van der Waals surface area contributed by atoms with Crippen molar-refractivity contribution in [3.05, 3.63) is 35.8 Å². The van der Waals surface area contributed by atoms with Crippen molar-refractivity contribution < 1.29 is 4.79 Å². The number of anilines is 3. The Labute approximate surface area is 134 Å². The molecule has 0 unspecified atom stereocenters. The van der Waals surface area contributed by atoms with E-state index in [0.717, 1.165) is 35.6 Å². The van der Waals surface area contributed by atoms with Gasteiger partial charge in [-0.15, -0.1) is 0 Å². The van der Waals surface area contributed by atoms with Crippen LogP contribution >= 0.6 is 0 Å². The zero-order chi connectivity index (χ0) is 16.2. The van der Waals surface area contributed by atoms with Crippen LogP contribution in [0.15, 0.2) is 24.5 Å². The number of hydrogen-bond donors (Lipinski definition) is 3. The second kappa shape index (κ2) is 6.60. The molecule has 4 N–H and O–H groups in total. The minimum absolute atomic E-state index is 0.277. The van der Waals surface area contributed by atoms with Crippen LogP contribution in [0, 0.1) is 6.92 Å². The topological polar surface area (TPSA) is 106 Å². The monoisotopic (exact) mass is 312 g/mol. The van der Waals surface area contributed by atoms with Crippen molar-refractivity contribution in [3.8, 4) is 0 Å². The second-order valence-electron chi connectivity index (χ2n) is 5.73. The van der Waals surface area contributed by atoms with Crippen LogP contribution in [0.3, 0.4) is 0 Å². The Morgan fingerprint density at radius 3 is 2.78 bits per heavy atom. The SMILES string of the molecule is Cc1ccc(Nc2ncc(C3CC3)c(NCCC(N)=O)n2)cn1. The van der Waals surface area contributed by atoms with Crippen molar-refractivity contribution in [3.63, 3.8) is 0 Å². The summed E-state index contributed by atoms with van der Waals surface area (Å²) >= 11 is 0. The Morgan fingerprint density at radius 1 is 1.30 bits per heavy atom. The number of nitrogens with two attached hydrogens (primary N) is 1. The molecule has 1 amide bonds. The third kappa shape index (κ3) is 4.15. The Balaban J connectivity index is 1.75. The first-order valence-corrected chi connectivity index (χ1v) is 7.70. The average molecular weight is 312 g/mol. The van der Waals surface area contributed by atoms with Crippen LogP contribution in [0.2, 0.25) is 0 Å². The number of nitrogens with zero attached hydrogens (tertiary/aromatic N) is 3. The van der Waals surface area contributed by atoms with Gasteiger partial charge in [-0.3, -0.25) is 9.78 Å². The summed E-state index contributed by atoms with van der Waals surface area (Å²) in [6.45, 7) is 2.41. The molecule has 1 aliphatic carbocycles. The molecule has 0 spiro atoms. The fraction of sp³-hybridized carbons (Fsp3) is 0.375. The maximum absolute atomic E-state index is 10.9. The van der Waals surface area contributed by atoms with Gasteiger partial charge in [-0.05, 0) is 37.8 Å². The Bertz CT molecular complexity index is 696. The van der Waals surface area contributed by atoms with E-state index in [0.29, 0.717) is 18.4 Å². The van der Waals surface area contributed by atoms with E-state index >= 15 is 0 Å². The van der Waals surface area contributed by atoms with Crippen LogP contribution in [-0.2, 0) is 4.79 Å². The second-order valence-corrected chi connectivity index (χ2v) is 5.73. The molecule has 2 aromatic rings. The number of carbonyl (C=O) groups is 1. The van der Waals surface area contributed by atoms with Crippen molar-refractivity contribution >= 4 is 23.4 Å². The highest BCUT2D eigenvalue weighted by atomic mass is 16.1. The maximum atomic E-state index is 10.9. The number of aryl methyl sites for hydroxylation is 1. The van der Waals surface area contributed by atoms with Crippen LogP contribution in [0.4, 0.5) is 17.5 Å². The first-order chi connectivity index (χ1) is 11.1. The molecule has 1 aliphatic rings. The maximum Gasteiger partial charge on any atom is 0.229 e. The van der Waals surface area contributed by atoms with Crippen LogP contribution in [0.1, 0.15) is 36.4 Å². The van der Waals surface area contributed by atoms with E-state index < -0.39 is 0 Å². The van der Waals surface area contributed by atoms with Crippen molar-refractivity contribution in [2.45, 2.75) is 32.1 Å². The summed E-state index contributed by atoms with van der Waals surface area (Å²) in [5.41, 5.74) is 8.06. The van der Waals surface area contributed by atoms with Gasteiger partial charge < -0.3 is 16.4 Å². The number of hydrogen-bond acceptors (Lipinski definition) is 6. The van der Waals surface area contributed by atoms with E-state index in [-0.39, 0.29) is 12.3 Å². The Morgan fingerprint density at radius 2 is 2.13 bits per heavy atom. The molecule has 7 nitrogen and oxygen atoms in total. The van der Waals surface area contributed by atoms with Crippen molar-refractivity contribution in [2.75, 3.05) is 17.2 Å². The molecule has 7 heteroatoms. The molecule has 2 aromatic heterocycles. The molecular formula is C16H20N6O. The van der Waals surface area contributed by atoms with Gasteiger partial charge in [0.2, 0.25) is 11.9 Å². The van der Waals surface area contributed by atoms with Crippen molar-refractivity contribution in [2.24, 2.45) is 5.73 Å². The third-order valence-corrected chi connectivity index (χ3v) is 3.67. The highest BCUT2D eigenvalue weighted by molar-refractivity contribution is 5.74. The lowest BCUT2D eigenvalue weighted by Crippen LogP contribution is -2.17. The normalized spacial score (nSPS) is 13.6. The van der Waals surface area contributed by atoms with Gasteiger partial charge in [-0.2, -0.15) is 4.98 Å². The van der Waals surface area contributed by atoms with E-state index in [1.807, 2.05) is 25.3 Å². The van der Waals surface area contributed by atoms with Gasteiger partial charge in [0.1, 0.15) is 5.82 Å². The van der Waals surface area contributed by atoms with Crippen molar-refractivity contribution in [1.82, 2.24) is 15.0 Å². The first-order valence-electron chi connectivity index (χ1n) is 7.70.